The number of hydrogen-bond acceptors (Lipinski definition) is 4. The molecule has 0 aromatic heterocycles. The fourth-order valence-corrected chi connectivity index (χ4v) is 3.11. The minimum absolute atomic E-state index is 0.436. The Bertz CT molecular complexity index is 457. The molecule has 1 aromatic rings. The SMILES string of the molecule is N#CCc1ccc(OCCN2CCS(=O)CC2)cc1. The van der Waals surface area contributed by atoms with Crippen molar-refractivity contribution in [2.45, 2.75) is 6.42 Å². The highest BCUT2D eigenvalue weighted by molar-refractivity contribution is 7.85. The summed E-state index contributed by atoms with van der Waals surface area (Å²) in [6.45, 7) is 3.32. The first kappa shape index (κ1) is 14.0. The van der Waals surface area contributed by atoms with Gasteiger partial charge in [-0.25, -0.2) is 0 Å². The molecule has 0 unspecified atom stereocenters. The quantitative estimate of drug-likeness (QED) is 0.812. The van der Waals surface area contributed by atoms with Crippen LogP contribution >= 0.6 is 0 Å². The summed E-state index contributed by atoms with van der Waals surface area (Å²) in [6.07, 6.45) is 0.436. The Balaban J connectivity index is 1.70. The average Bonchev–Trinajstić information content (AvgIpc) is 2.43. The normalized spacial score (nSPS) is 17.0. The molecule has 0 aliphatic carbocycles. The van der Waals surface area contributed by atoms with Crippen LogP contribution in [0.4, 0.5) is 0 Å². The summed E-state index contributed by atoms with van der Waals surface area (Å²) in [4.78, 5) is 2.28. The molecule has 102 valence electrons. The number of nitriles is 1. The first-order valence-electron chi connectivity index (χ1n) is 6.44. The second-order valence-corrected chi connectivity index (χ2v) is 6.21. The van der Waals surface area contributed by atoms with Gasteiger partial charge in [0, 0.05) is 41.9 Å². The van der Waals surface area contributed by atoms with E-state index >= 15 is 0 Å². The summed E-state index contributed by atoms with van der Waals surface area (Å²) in [5.74, 6) is 2.40. The Morgan fingerprint density at radius 3 is 2.58 bits per heavy atom. The molecule has 0 saturated carbocycles. The predicted molar refractivity (Wildman–Crippen MR) is 75.6 cm³/mol. The van der Waals surface area contributed by atoms with Gasteiger partial charge in [-0.2, -0.15) is 5.26 Å². The Morgan fingerprint density at radius 2 is 1.95 bits per heavy atom. The van der Waals surface area contributed by atoms with Crippen molar-refractivity contribution in [1.29, 1.82) is 5.26 Å². The second kappa shape index (κ2) is 7.27. The molecule has 1 aliphatic heterocycles. The third-order valence-electron chi connectivity index (χ3n) is 3.15. The van der Waals surface area contributed by atoms with Crippen molar-refractivity contribution in [3.8, 4) is 11.8 Å². The smallest absolute Gasteiger partial charge is 0.119 e. The van der Waals surface area contributed by atoms with Crippen LogP contribution in [0, 0.1) is 11.3 Å². The first-order chi connectivity index (χ1) is 9.28. The lowest BCUT2D eigenvalue weighted by molar-refractivity contribution is 0.221. The maximum absolute atomic E-state index is 11.2. The molecule has 1 fully saturated rings. The number of rotatable bonds is 5. The van der Waals surface area contributed by atoms with Crippen molar-refractivity contribution in [2.75, 3.05) is 37.7 Å². The number of nitrogens with zero attached hydrogens (tertiary/aromatic N) is 2. The van der Waals surface area contributed by atoms with Crippen LogP contribution in [0.1, 0.15) is 5.56 Å². The second-order valence-electron chi connectivity index (χ2n) is 4.52. The van der Waals surface area contributed by atoms with Crippen LogP contribution in [-0.4, -0.2) is 46.9 Å². The van der Waals surface area contributed by atoms with Crippen LogP contribution in [-0.2, 0) is 17.2 Å². The van der Waals surface area contributed by atoms with Crippen molar-refractivity contribution in [1.82, 2.24) is 4.90 Å². The zero-order valence-corrected chi connectivity index (χ0v) is 11.7. The summed E-state index contributed by atoms with van der Waals surface area (Å²) >= 11 is 0. The first-order valence-corrected chi connectivity index (χ1v) is 7.93. The maximum atomic E-state index is 11.2. The van der Waals surface area contributed by atoms with Gasteiger partial charge in [-0.05, 0) is 17.7 Å². The fourth-order valence-electron chi connectivity index (χ4n) is 1.99. The molecule has 5 heteroatoms. The predicted octanol–water partition coefficient (Wildman–Crippen LogP) is 1.20. The van der Waals surface area contributed by atoms with Crippen LogP contribution < -0.4 is 4.74 Å². The van der Waals surface area contributed by atoms with Gasteiger partial charge in [-0.15, -0.1) is 0 Å². The number of benzene rings is 1. The topological polar surface area (TPSA) is 53.3 Å². The van der Waals surface area contributed by atoms with Gasteiger partial charge in [0.15, 0.2) is 0 Å². The van der Waals surface area contributed by atoms with Crippen molar-refractivity contribution in [3.63, 3.8) is 0 Å². The summed E-state index contributed by atoms with van der Waals surface area (Å²) < 4.78 is 16.9. The van der Waals surface area contributed by atoms with Crippen LogP contribution in [0.5, 0.6) is 5.75 Å². The molecule has 2 rings (SSSR count). The summed E-state index contributed by atoms with van der Waals surface area (Å²) in [5, 5.41) is 8.58. The third kappa shape index (κ3) is 4.66. The zero-order valence-electron chi connectivity index (χ0n) is 10.9. The highest BCUT2D eigenvalue weighted by Crippen LogP contribution is 2.12. The molecule has 0 radical (unpaired) electrons. The van der Waals surface area contributed by atoms with Gasteiger partial charge in [0.05, 0.1) is 12.5 Å². The largest absolute Gasteiger partial charge is 0.492 e. The Labute approximate surface area is 116 Å². The van der Waals surface area contributed by atoms with E-state index in [9.17, 15) is 4.21 Å². The summed E-state index contributed by atoms with van der Waals surface area (Å²) in [7, 11) is -0.616. The van der Waals surface area contributed by atoms with E-state index in [4.69, 9.17) is 10.00 Å². The highest BCUT2D eigenvalue weighted by Gasteiger charge is 2.14. The molecule has 0 atom stereocenters. The van der Waals surface area contributed by atoms with Gasteiger partial charge in [-0.3, -0.25) is 9.11 Å². The van der Waals surface area contributed by atoms with Crippen LogP contribution in [0.25, 0.3) is 0 Å². The van der Waals surface area contributed by atoms with E-state index in [2.05, 4.69) is 11.0 Å². The molecular weight excluding hydrogens is 260 g/mol. The monoisotopic (exact) mass is 278 g/mol. The van der Waals surface area contributed by atoms with E-state index in [1.165, 1.54) is 0 Å². The van der Waals surface area contributed by atoms with E-state index in [1.54, 1.807) is 0 Å². The minimum atomic E-state index is -0.616. The number of hydrogen-bond donors (Lipinski definition) is 0. The van der Waals surface area contributed by atoms with Gasteiger partial charge >= 0.3 is 0 Å². The van der Waals surface area contributed by atoms with E-state index in [0.717, 1.165) is 42.5 Å². The van der Waals surface area contributed by atoms with Crippen LogP contribution in [0.15, 0.2) is 24.3 Å². The molecule has 0 bridgehead atoms. The highest BCUT2D eigenvalue weighted by atomic mass is 32.2. The molecular formula is C14H18N2O2S. The molecule has 0 amide bonds. The Morgan fingerprint density at radius 1 is 1.26 bits per heavy atom. The Hall–Kier alpha value is -1.38. The van der Waals surface area contributed by atoms with Gasteiger partial charge in [0.2, 0.25) is 0 Å². The van der Waals surface area contributed by atoms with E-state index in [1.807, 2.05) is 24.3 Å². The maximum Gasteiger partial charge on any atom is 0.119 e. The van der Waals surface area contributed by atoms with Crippen molar-refractivity contribution in [2.24, 2.45) is 0 Å². The molecule has 19 heavy (non-hydrogen) atoms. The lowest BCUT2D eigenvalue weighted by atomic mass is 10.2. The van der Waals surface area contributed by atoms with E-state index in [0.29, 0.717) is 13.0 Å². The summed E-state index contributed by atoms with van der Waals surface area (Å²) in [6, 6.07) is 9.76. The van der Waals surface area contributed by atoms with Gasteiger partial charge in [0.25, 0.3) is 0 Å². The molecule has 1 aliphatic rings. The van der Waals surface area contributed by atoms with E-state index in [-0.39, 0.29) is 0 Å². The molecule has 4 nitrogen and oxygen atoms in total. The lowest BCUT2D eigenvalue weighted by Crippen LogP contribution is -2.39. The zero-order chi connectivity index (χ0) is 13.5. The minimum Gasteiger partial charge on any atom is -0.492 e. The van der Waals surface area contributed by atoms with Gasteiger partial charge in [0.1, 0.15) is 12.4 Å². The van der Waals surface area contributed by atoms with Crippen LogP contribution in [0.3, 0.4) is 0 Å². The molecule has 0 N–H and O–H groups in total. The lowest BCUT2D eigenvalue weighted by Gasteiger charge is -2.25. The fraction of sp³-hybridized carbons (Fsp3) is 0.500. The molecule has 1 aromatic carbocycles. The van der Waals surface area contributed by atoms with E-state index < -0.39 is 10.8 Å². The number of ether oxygens (including phenoxy) is 1. The van der Waals surface area contributed by atoms with Crippen molar-refractivity contribution >= 4 is 10.8 Å². The molecule has 1 heterocycles. The molecule has 0 spiro atoms. The Kier molecular flexibility index (Phi) is 5.37. The van der Waals surface area contributed by atoms with Crippen molar-refractivity contribution < 1.29 is 8.95 Å². The third-order valence-corrected chi connectivity index (χ3v) is 4.43. The standard InChI is InChI=1S/C14H18N2O2S/c15-6-5-13-1-3-14(4-2-13)18-10-7-16-8-11-19(17)12-9-16/h1-4H,5,7-12H2. The van der Waals surface area contributed by atoms with Gasteiger partial charge < -0.3 is 4.74 Å². The van der Waals surface area contributed by atoms with Crippen molar-refractivity contribution in [3.05, 3.63) is 29.8 Å². The van der Waals surface area contributed by atoms with Crippen LogP contribution in [0.2, 0.25) is 0 Å². The molecule has 1 saturated heterocycles. The van der Waals surface area contributed by atoms with Gasteiger partial charge in [-0.1, -0.05) is 12.1 Å². The summed E-state index contributed by atoms with van der Waals surface area (Å²) in [5.41, 5.74) is 1.01. The average molecular weight is 278 g/mol.